The minimum atomic E-state index is -4.52. The Bertz CT molecular complexity index is 1580. The van der Waals surface area contributed by atoms with Crippen molar-refractivity contribution < 1.29 is 42.2 Å². The molecule has 4 atom stereocenters. The minimum absolute atomic E-state index is 0.0102. The van der Waals surface area contributed by atoms with Gasteiger partial charge in [-0.3, -0.25) is 19.3 Å². The highest BCUT2D eigenvalue weighted by Crippen LogP contribution is 2.39. The van der Waals surface area contributed by atoms with Crippen LogP contribution in [0.3, 0.4) is 0 Å². The van der Waals surface area contributed by atoms with Crippen molar-refractivity contribution in [3.63, 3.8) is 0 Å². The molecule has 2 aliphatic rings. The van der Waals surface area contributed by atoms with Crippen LogP contribution in [0.1, 0.15) is 34.7 Å². The molecule has 2 saturated heterocycles. The van der Waals surface area contributed by atoms with Crippen molar-refractivity contribution in [2.75, 3.05) is 13.2 Å². The second-order valence-corrected chi connectivity index (χ2v) is 10.7. The van der Waals surface area contributed by atoms with Gasteiger partial charge in [0.2, 0.25) is 11.8 Å². The van der Waals surface area contributed by atoms with Gasteiger partial charge in [-0.25, -0.2) is 4.79 Å². The number of hydrogen-bond acceptors (Lipinski definition) is 5. The molecule has 3 aromatic rings. The fourth-order valence-electron chi connectivity index (χ4n) is 5.64. The predicted octanol–water partition coefficient (Wildman–Crippen LogP) is 4.69. The van der Waals surface area contributed by atoms with Crippen molar-refractivity contribution in [2.45, 2.75) is 43.2 Å². The van der Waals surface area contributed by atoms with Crippen molar-refractivity contribution in [3.8, 4) is 0 Å². The van der Waals surface area contributed by atoms with Crippen LogP contribution in [0.15, 0.2) is 91.0 Å². The largest absolute Gasteiger partial charge is 0.481 e. The summed E-state index contributed by atoms with van der Waals surface area (Å²) in [6.45, 7) is -0.0862. The van der Waals surface area contributed by atoms with E-state index >= 15 is 0 Å². The molecule has 12 heteroatoms. The highest BCUT2D eigenvalue weighted by Gasteiger charge is 2.58. The summed E-state index contributed by atoms with van der Waals surface area (Å²) >= 11 is 0. The predicted molar refractivity (Wildman–Crippen MR) is 156 cm³/mol. The topological polar surface area (TPSA) is 116 Å². The number of amides is 3. The lowest BCUT2D eigenvalue weighted by molar-refractivity contribution is -0.164. The number of β-lactam (4-membered cyclic amide) rings is 1. The van der Waals surface area contributed by atoms with Crippen LogP contribution in [0.4, 0.5) is 18.0 Å². The van der Waals surface area contributed by atoms with Gasteiger partial charge < -0.3 is 20.1 Å². The Hall–Kier alpha value is -5.13. The lowest BCUT2D eigenvalue weighted by Gasteiger charge is -2.52. The molecule has 0 radical (unpaired) electrons. The Kier molecular flexibility index (Phi) is 9.21. The summed E-state index contributed by atoms with van der Waals surface area (Å²) in [4.78, 5) is 54.5. The summed E-state index contributed by atoms with van der Waals surface area (Å²) in [6, 6.07) is 18.8. The number of halogens is 3. The zero-order valence-electron chi connectivity index (χ0n) is 23.9. The average Bonchev–Trinajstić information content (AvgIpc) is 3.39. The third-order valence-electron chi connectivity index (χ3n) is 7.81. The van der Waals surface area contributed by atoms with E-state index in [0.717, 1.165) is 28.2 Å². The lowest BCUT2D eigenvalue weighted by Crippen LogP contribution is -2.74. The molecule has 0 bridgehead atoms. The molecule has 3 unspecified atom stereocenters. The van der Waals surface area contributed by atoms with E-state index in [2.05, 4.69) is 5.32 Å². The number of hydrogen-bond donors (Lipinski definition) is 2. The molecular weight excluding hydrogens is 591 g/mol. The number of carbonyl (C=O) groups is 4. The number of nitrogens with one attached hydrogen (secondary N) is 1. The minimum Gasteiger partial charge on any atom is -0.481 e. The van der Waals surface area contributed by atoms with Crippen molar-refractivity contribution in [2.24, 2.45) is 0 Å². The van der Waals surface area contributed by atoms with Gasteiger partial charge in [0, 0.05) is 6.54 Å². The summed E-state index contributed by atoms with van der Waals surface area (Å²) in [5, 5.41) is 12.3. The summed E-state index contributed by atoms with van der Waals surface area (Å²) in [6.07, 6.45) is -2.54. The molecule has 45 heavy (non-hydrogen) atoms. The van der Waals surface area contributed by atoms with Gasteiger partial charge in [-0.05, 0) is 29.2 Å². The molecular formula is C33H30F3N3O6. The molecule has 0 spiro atoms. The van der Waals surface area contributed by atoms with E-state index in [1.807, 2.05) is 36.4 Å². The molecule has 5 rings (SSSR count). The van der Waals surface area contributed by atoms with E-state index in [4.69, 9.17) is 4.74 Å². The maximum atomic E-state index is 13.8. The number of nitrogens with zero attached hydrogens (tertiary/aromatic N) is 2. The first kappa shape index (κ1) is 31.3. The molecule has 2 fully saturated rings. The second-order valence-electron chi connectivity index (χ2n) is 10.7. The number of benzene rings is 3. The number of carbonyl (C=O) groups excluding carboxylic acids is 3. The van der Waals surface area contributed by atoms with Crippen molar-refractivity contribution in [1.82, 2.24) is 15.1 Å². The summed E-state index contributed by atoms with van der Waals surface area (Å²) in [7, 11) is 0. The Balaban J connectivity index is 1.39. The van der Waals surface area contributed by atoms with Crippen LogP contribution in [-0.4, -0.2) is 70.1 Å². The van der Waals surface area contributed by atoms with Crippen molar-refractivity contribution in [3.05, 3.63) is 113 Å². The number of aliphatic carboxylic acids is 1. The summed E-state index contributed by atoms with van der Waals surface area (Å²) in [5.41, 5.74) is 1.02. The van der Waals surface area contributed by atoms with Gasteiger partial charge in [0.1, 0.15) is 18.7 Å². The fraction of sp³-hybridized carbons (Fsp3) is 0.273. The van der Waals surface area contributed by atoms with E-state index in [0.29, 0.717) is 5.56 Å². The highest BCUT2D eigenvalue weighted by molar-refractivity contribution is 5.99. The fourth-order valence-corrected chi connectivity index (χ4v) is 5.64. The van der Waals surface area contributed by atoms with Crippen LogP contribution in [0.25, 0.3) is 6.08 Å². The molecule has 0 aromatic heterocycles. The number of rotatable bonds is 11. The van der Waals surface area contributed by atoms with E-state index in [1.165, 1.54) is 17.0 Å². The second kappa shape index (κ2) is 13.2. The summed E-state index contributed by atoms with van der Waals surface area (Å²) in [5.74, 6) is -2.74. The van der Waals surface area contributed by atoms with Crippen molar-refractivity contribution in [1.29, 1.82) is 0 Å². The number of carboxylic acids is 1. The first-order chi connectivity index (χ1) is 21.5. The number of carboxylic acid groups (broad SMARTS) is 1. The molecule has 9 nitrogen and oxygen atoms in total. The van der Waals surface area contributed by atoms with Gasteiger partial charge in [0.25, 0.3) is 0 Å². The SMILES string of the molecule is O=C(O)CC(C(=O)NCCc1cccc(C(F)(F)F)c1)N1C(=O)C(N2C(=O)OC[C@@H]2c2ccccc2)C1C=Cc1ccccc1. The molecule has 2 aliphatic heterocycles. The van der Waals surface area contributed by atoms with E-state index in [1.54, 1.807) is 36.4 Å². The van der Waals surface area contributed by atoms with E-state index < -0.39 is 66.2 Å². The highest BCUT2D eigenvalue weighted by atomic mass is 19.4. The van der Waals surface area contributed by atoms with Crippen molar-refractivity contribution >= 4 is 30.0 Å². The number of cyclic esters (lactones) is 1. The molecule has 3 aromatic carbocycles. The monoisotopic (exact) mass is 621 g/mol. The normalized spacial score (nSPS) is 20.6. The molecule has 0 aliphatic carbocycles. The first-order valence-electron chi connectivity index (χ1n) is 14.3. The third kappa shape index (κ3) is 7.00. The Morgan fingerprint density at radius 1 is 1.00 bits per heavy atom. The zero-order valence-corrected chi connectivity index (χ0v) is 23.9. The third-order valence-corrected chi connectivity index (χ3v) is 7.81. The quantitative estimate of drug-likeness (QED) is 0.300. The van der Waals surface area contributed by atoms with Gasteiger partial charge in [-0.1, -0.05) is 91.0 Å². The maximum absolute atomic E-state index is 13.8. The van der Waals surface area contributed by atoms with Crippen LogP contribution in [-0.2, 0) is 31.7 Å². The Labute approximate surface area is 256 Å². The maximum Gasteiger partial charge on any atom is 0.416 e. The van der Waals surface area contributed by atoms with Gasteiger partial charge in [-0.15, -0.1) is 0 Å². The average molecular weight is 622 g/mol. The lowest BCUT2D eigenvalue weighted by atomic mass is 9.87. The smallest absolute Gasteiger partial charge is 0.416 e. The van der Waals surface area contributed by atoms with Gasteiger partial charge >= 0.3 is 18.2 Å². The van der Waals surface area contributed by atoms with E-state index in [9.17, 15) is 37.5 Å². The van der Waals surface area contributed by atoms with Crippen LogP contribution < -0.4 is 5.32 Å². The number of alkyl halides is 3. The van der Waals surface area contributed by atoms with E-state index in [-0.39, 0.29) is 19.6 Å². The zero-order chi connectivity index (χ0) is 32.1. The van der Waals surface area contributed by atoms with Crippen LogP contribution in [0.2, 0.25) is 0 Å². The van der Waals surface area contributed by atoms with Crippen LogP contribution >= 0.6 is 0 Å². The molecule has 0 saturated carbocycles. The summed E-state index contributed by atoms with van der Waals surface area (Å²) < 4.78 is 44.7. The Morgan fingerprint density at radius 2 is 1.69 bits per heavy atom. The standard InChI is InChI=1S/C33H30F3N3O6/c34-33(35,36)24-13-7-10-22(18-24)16-17-37-30(42)26(19-28(40)41)38-25(15-14-21-8-3-1-4-9-21)29(31(38)43)39-27(20-45-32(39)44)23-11-5-2-6-12-23/h1-15,18,25-27,29H,16-17,19-20H2,(H,37,42)(H,40,41)/t25?,26?,27-,29?/m1/s1. The molecule has 2 N–H and O–H groups in total. The number of ether oxygens (including phenoxy) is 1. The molecule has 234 valence electrons. The Morgan fingerprint density at radius 3 is 2.36 bits per heavy atom. The number of likely N-dealkylation sites (tertiary alicyclic amines) is 1. The van der Waals surface area contributed by atoms with Crippen LogP contribution in [0, 0.1) is 0 Å². The van der Waals surface area contributed by atoms with Gasteiger partial charge in [0.15, 0.2) is 0 Å². The van der Waals surface area contributed by atoms with Gasteiger partial charge in [-0.2, -0.15) is 13.2 Å². The van der Waals surface area contributed by atoms with Gasteiger partial charge in [0.05, 0.1) is 24.1 Å². The molecule has 3 amide bonds. The molecule has 2 heterocycles. The van der Waals surface area contributed by atoms with Crippen LogP contribution in [0.5, 0.6) is 0 Å². The first-order valence-corrected chi connectivity index (χ1v) is 14.3.